The molecule has 0 N–H and O–H groups in total. The van der Waals surface area contributed by atoms with Crippen molar-refractivity contribution in [2.75, 3.05) is 11.9 Å². The summed E-state index contributed by atoms with van der Waals surface area (Å²) in [6, 6.07) is 12.3. The smallest absolute Gasteiger partial charge is 0.151 e. The maximum Gasteiger partial charge on any atom is 0.151 e. The van der Waals surface area contributed by atoms with Crippen LogP contribution >= 0.6 is 0 Å². The molecule has 86 valence electrons. The van der Waals surface area contributed by atoms with Crippen LogP contribution in [0, 0.1) is 13.8 Å². The van der Waals surface area contributed by atoms with Crippen LogP contribution in [0.3, 0.4) is 0 Å². The average Bonchev–Trinajstić information content (AvgIpc) is 2.34. The largest absolute Gasteiger partial charge is 0.453 e. The molecule has 2 nitrogen and oxygen atoms in total. The van der Waals surface area contributed by atoms with Crippen molar-refractivity contribution in [3.63, 3.8) is 0 Å². The fourth-order valence-corrected chi connectivity index (χ4v) is 2.33. The van der Waals surface area contributed by atoms with Crippen LogP contribution in [-0.4, -0.2) is 7.05 Å². The molecule has 0 bridgehead atoms. The Labute approximate surface area is 101 Å². The Balaban J connectivity index is 2.24. The third kappa shape index (κ3) is 1.41. The van der Waals surface area contributed by atoms with Gasteiger partial charge < -0.3 is 9.64 Å². The van der Waals surface area contributed by atoms with E-state index in [1.807, 2.05) is 24.3 Å². The number of nitrogens with zero attached hydrogens (tertiary/aromatic N) is 1. The first-order valence-electron chi connectivity index (χ1n) is 5.79. The number of benzene rings is 2. The minimum absolute atomic E-state index is 0.922. The van der Waals surface area contributed by atoms with Gasteiger partial charge in [-0.25, -0.2) is 0 Å². The number of hydrogen-bond donors (Lipinski definition) is 0. The molecule has 17 heavy (non-hydrogen) atoms. The van der Waals surface area contributed by atoms with Crippen LogP contribution in [0.15, 0.2) is 36.4 Å². The van der Waals surface area contributed by atoms with Gasteiger partial charge in [0.25, 0.3) is 0 Å². The number of hydrogen-bond acceptors (Lipinski definition) is 2. The van der Waals surface area contributed by atoms with Crippen LogP contribution in [0.2, 0.25) is 0 Å². The predicted molar refractivity (Wildman–Crippen MR) is 70.5 cm³/mol. The number of fused-ring (bicyclic) bond motifs is 2. The van der Waals surface area contributed by atoms with Crippen molar-refractivity contribution in [3.8, 4) is 11.5 Å². The van der Waals surface area contributed by atoms with Crippen LogP contribution in [0.25, 0.3) is 0 Å². The third-order valence-electron chi connectivity index (χ3n) is 3.45. The zero-order valence-corrected chi connectivity index (χ0v) is 10.3. The van der Waals surface area contributed by atoms with E-state index in [1.54, 1.807) is 0 Å². The van der Waals surface area contributed by atoms with E-state index in [0.717, 1.165) is 17.2 Å². The van der Waals surface area contributed by atoms with Gasteiger partial charge in [-0.1, -0.05) is 18.2 Å². The molecule has 0 saturated heterocycles. The summed E-state index contributed by atoms with van der Waals surface area (Å²) in [6.07, 6.45) is 0. The number of anilines is 2. The van der Waals surface area contributed by atoms with E-state index in [0.29, 0.717) is 0 Å². The van der Waals surface area contributed by atoms with Gasteiger partial charge in [0.1, 0.15) is 0 Å². The molecule has 1 aliphatic heterocycles. The van der Waals surface area contributed by atoms with Crippen molar-refractivity contribution >= 4 is 11.4 Å². The molecule has 0 fully saturated rings. The van der Waals surface area contributed by atoms with Crippen LogP contribution in [0.5, 0.6) is 11.5 Å². The SMILES string of the molecule is Cc1ccc2c(c1C)N(C)c1ccccc1O2. The number of rotatable bonds is 0. The molecule has 2 aromatic rings. The van der Waals surface area contributed by atoms with Crippen LogP contribution in [-0.2, 0) is 0 Å². The maximum atomic E-state index is 5.94. The summed E-state index contributed by atoms with van der Waals surface area (Å²) in [7, 11) is 2.09. The van der Waals surface area contributed by atoms with E-state index in [2.05, 4.69) is 37.9 Å². The quantitative estimate of drug-likeness (QED) is 0.667. The fraction of sp³-hybridized carbons (Fsp3) is 0.200. The molecule has 0 spiro atoms. The summed E-state index contributed by atoms with van der Waals surface area (Å²) in [4.78, 5) is 2.20. The highest BCUT2D eigenvalue weighted by molar-refractivity contribution is 5.80. The number of aryl methyl sites for hydroxylation is 1. The monoisotopic (exact) mass is 225 g/mol. The Kier molecular flexibility index (Phi) is 2.11. The normalized spacial score (nSPS) is 12.8. The van der Waals surface area contributed by atoms with Crippen LogP contribution in [0.1, 0.15) is 11.1 Å². The highest BCUT2D eigenvalue weighted by Crippen LogP contribution is 2.47. The van der Waals surface area contributed by atoms with Gasteiger partial charge in [-0.05, 0) is 43.2 Å². The van der Waals surface area contributed by atoms with Gasteiger partial charge in [0.15, 0.2) is 11.5 Å². The summed E-state index contributed by atoms with van der Waals surface area (Å²) < 4.78 is 5.94. The minimum atomic E-state index is 0.922. The van der Waals surface area contributed by atoms with Crippen molar-refractivity contribution < 1.29 is 4.74 Å². The molecule has 3 rings (SSSR count). The summed E-state index contributed by atoms with van der Waals surface area (Å²) in [5.74, 6) is 1.86. The molecule has 0 aliphatic carbocycles. The lowest BCUT2D eigenvalue weighted by molar-refractivity contribution is 0.475. The zero-order valence-electron chi connectivity index (χ0n) is 10.3. The van der Waals surface area contributed by atoms with E-state index >= 15 is 0 Å². The van der Waals surface area contributed by atoms with Crippen molar-refractivity contribution in [1.82, 2.24) is 0 Å². The molecule has 0 radical (unpaired) electrons. The third-order valence-corrected chi connectivity index (χ3v) is 3.45. The van der Waals surface area contributed by atoms with Crippen molar-refractivity contribution in [2.24, 2.45) is 0 Å². The number of ether oxygens (including phenoxy) is 1. The molecule has 0 saturated carbocycles. The molecule has 1 heterocycles. The average molecular weight is 225 g/mol. The minimum Gasteiger partial charge on any atom is -0.453 e. The first-order chi connectivity index (χ1) is 8.18. The summed E-state index contributed by atoms with van der Waals surface area (Å²) >= 11 is 0. The zero-order chi connectivity index (χ0) is 12.0. The molecule has 0 aromatic heterocycles. The Morgan fingerprint density at radius 1 is 0.941 bits per heavy atom. The van der Waals surface area contributed by atoms with E-state index in [4.69, 9.17) is 4.74 Å². The van der Waals surface area contributed by atoms with Crippen LogP contribution < -0.4 is 9.64 Å². The second-order valence-corrected chi connectivity index (χ2v) is 4.48. The van der Waals surface area contributed by atoms with Crippen molar-refractivity contribution in [1.29, 1.82) is 0 Å². The summed E-state index contributed by atoms with van der Waals surface area (Å²) in [5, 5.41) is 0. The molecular formula is C15H15NO. The van der Waals surface area contributed by atoms with Crippen molar-refractivity contribution in [2.45, 2.75) is 13.8 Å². The first kappa shape index (κ1) is 10.2. The van der Waals surface area contributed by atoms with Gasteiger partial charge in [0.05, 0.1) is 11.4 Å². The predicted octanol–water partition coefficient (Wildman–Crippen LogP) is 4.18. The summed E-state index contributed by atoms with van der Waals surface area (Å²) in [6.45, 7) is 4.27. The Morgan fingerprint density at radius 2 is 1.71 bits per heavy atom. The molecule has 2 aromatic carbocycles. The Morgan fingerprint density at radius 3 is 2.53 bits per heavy atom. The molecule has 0 atom stereocenters. The standard InChI is InChI=1S/C15H15NO/c1-10-8-9-14-15(11(10)2)16(3)12-6-4-5-7-13(12)17-14/h4-9H,1-3H3. The first-order valence-corrected chi connectivity index (χ1v) is 5.79. The topological polar surface area (TPSA) is 12.5 Å². The lowest BCUT2D eigenvalue weighted by atomic mass is 10.0. The van der Waals surface area contributed by atoms with Gasteiger partial charge in [-0.2, -0.15) is 0 Å². The number of para-hydroxylation sites is 2. The molecule has 0 amide bonds. The Bertz CT molecular complexity index is 589. The second-order valence-electron chi connectivity index (χ2n) is 4.48. The maximum absolute atomic E-state index is 5.94. The van der Waals surface area contributed by atoms with Crippen molar-refractivity contribution in [3.05, 3.63) is 47.5 Å². The van der Waals surface area contributed by atoms with Gasteiger partial charge in [0.2, 0.25) is 0 Å². The van der Waals surface area contributed by atoms with Gasteiger partial charge in [-0.3, -0.25) is 0 Å². The van der Waals surface area contributed by atoms with Gasteiger partial charge in [0, 0.05) is 7.05 Å². The lowest BCUT2D eigenvalue weighted by Crippen LogP contribution is -2.17. The molecule has 2 heteroatoms. The molecule has 1 aliphatic rings. The lowest BCUT2D eigenvalue weighted by Gasteiger charge is -2.31. The summed E-state index contributed by atoms with van der Waals surface area (Å²) in [5.41, 5.74) is 4.86. The van der Waals surface area contributed by atoms with E-state index in [1.165, 1.54) is 16.8 Å². The van der Waals surface area contributed by atoms with Gasteiger partial charge in [-0.15, -0.1) is 0 Å². The molecule has 0 unspecified atom stereocenters. The highest BCUT2D eigenvalue weighted by Gasteiger charge is 2.23. The van der Waals surface area contributed by atoms with E-state index in [9.17, 15) is 0 Å². The van der Waals surface area contributed by atoms with Crippen LogP contribution in [0.4, 0.5) is 11.4 Å². The van der Waals surface area contributed by atoms with Gasteiger partial charge >= 0.3 is 0 Å². The Hall–Kier alpha value is -1.96. The van der Waals surface area contributed by atoms with E-state index < -0.39 is 0 Å². The second kappa shape index (κ2) is 3.52. The highest BCUT2D eigenvalue weighted by atomic mass is 16.5. The molecular weight excluding hydrogens is 210 g/mol. The fourth-order valence-electron chi connectivity index (χ4n) is 2.33. The van der Waals surface area contributed by atoms with E-state index in [-0.39, 0.29) is 0 Å².